The molecule has 2 aliphatic rings. The SMILES string of the molecule is C[C@H]1Oc2cc(cnc2N)-c2c(nn(C)c2C#N)CC2C(NNS2(=O)=O)c2ccc(F)cc21. The molecule has 1 saturated heterocycles. The summed E-state index contributed by atoms with van der Waals surface area (Å²) in [5, 5.41) is 13.2. The summed E-state index contributed by atoms with van der Waals surface area (Å²) in [6.45, 7) is 1.72. The van der Waals surface area contributed by atoms with E-state index in [1.54, 1.807) is 26.1 Å². The number of hydrazine groups is 1. The molecule has 4 heterocycles. The van der Waals surface area contributed by atoms with Gasteiger partial charge in [-0.05, 0) is 36.2 Å². The van der Waals surface area contributed by atoms with E-state index in [2.05, 4.69) is 26.4 Å². The van der Waals surface area contributed by atoms with Crippen LogP contribution in [0.1, 0.15) is 41.6 Å². The Labute approximate surface area is 189 Å². The van der Waals surface area contributed by atoms with Gasteiger partial charge in [-0.3, -0.25) is 4.68 Å². The topological polar surface area (TPSA) is 148 Å². The summed E-state index contributed by atoms with van der Waals surface area (Å²) in [4.78, 5) is 6.58. The number of hydrogen-bond acceptors (Lipinski definition) is 8. The second-order valence-electron chi connectivity index (χ2n) is 8.06. The molecule has 3 atom stereocenters. The quantitative estimate of drug-likeness (QED) is 0.450. The minimum atomic E-state index is -3.80. The number of sulfonamides is 1. The molecule has 10 nitrogen and oxygen atoms in total. The number of halogens is 1. The molecule has 1 aromatic carbocycles. The number of hydrogen-bond donors (Lipinski definition) is 3. The average molecular weight is 470 g/mol. The molecule has 0 aliphatic carbocycles. The van der Waals surface area contributed by atoms with Crippen LogP contribution in [0.25, 0.3) is 11.1 Å². The van der Waals surface area contributed by atoms with Crippen molar-refractivity contribution in [3.63, 3.8) is 0 Å². The lowest BCUT2D eigenvalue weighted by molar-refractivity contribution is 0.224. The van der Waals surface area contributed by atoms with Crippen LogP contribution in [0, 0.1) is 17.1 Å². The Morgan fingerprint density at radius 1 is 1.33 bits per heavy atom. The van der Waals surface area contributed by atoms with Crippen LogP contribution in [-0.2, 0) is 23.5 Å². The number of benzene rings is 1. The Balaban J connectivity index is 1.81. The lowest BCUT2D eigenvalue weighted by Gasteiger charge is -2.25. The number of aryl methyl sites for hydroxylation is 1. The third kappa shape index (κ3) is 3.41. The molecule has 0 amide bonds. The van der Waals surface area contributed by atoms with Gasteiger partial charge in [0.1, 0.15) is 28.9 Å². The van der Waals surface area contributed by atoms with E-state index in [0.717, 1.165) is 0 Å². The molecular formula is C21H20FN7O3S. The zero-order valence-electron chi connectivity index (χ0n) is 17.7. The number of ether oxygens (including phenoxy) is 1. The van der Waals surface area contributed by atoms with E-state index >= 15 is 0 Å². The third-order valence-electron chi connectivity index (χ3n) is 6.04. The molecule has 2 bridgehead atoms. The first-order chi connectivity index (χ1) is 15.7. The van der Waals surface area contributed by atoms with Crippen molar-refractivity contribution >= 4 is 15.8 Å². The van der Waals surface area contributed by atoms with Gasteiger partial charge in [-0.25, -0.2) is 23.2 Å². The predicted octanol–water partition coefficient (Wildman–Crippen LogP) is 1.62. The Kier molecular flexibility index (Phi) is 4.86. The number of nitrogens with zero attached hydrogens (tertiary/aromatic N) is 4. The summed E-state index contributed by atoms with van der Waals surface area (Å²) < 4.78 is 47.6. The molecule has 12 heteroatoms. The number of nitrogen functional groups attached to an aromatic ring is 1. The normalized spacial score (nSPS) is 23.2. The Hall–Kier alpha value is -3.53. The highest BCUT2D eigenvalue weighted by molar-refractivity contribution is 7.90. The first-order valence-electron chi connectivity index (χ1n) is 10.1. The number of nitrogens with two attached hydrogens (primary N) is 1. The predicted molar refractivity (Wildman–Crippen MR) is 116 cm³/mol. The second-order valence-corrected chi connectivity index (χ2v) is 9.96. The van der Waals surface area contributed by atoms with Crippen LogP contribution in [0.4, 0.5) is 10.2 Å². The molecule has 170 valence electrons. The lowest BCUT2D eigenvalue weighted by Crippen LogP contribution is -2.28. The van der Waals surface area contributed by atoms with Gasteiger partial charge in [0, 0.05) is 30.8 Å². The summed E-state index contributed by atoms with van der Waals surface area (Å²) in [7, 11) is -2.19. The minimum absolute atomic E-state index is 0.00359. The van der Waals surface area contributed by atoms with Gasteiger partial charge < -0.3 is 10.5 Å². The maximum Gasteiger partial charge on any atom is 0.229 e. The molecule has 2 aromatic heterocycles. The highest BCUT2D eigenvalue weighted by atomic mass is 32.2. The number of nitrogens with one attached hydrogen (secondary N) is 2. The fourth-order valence-corrected chi connectivity index (χ4v) is 5.86. The van der Waals surface area contributed by atoms with E-state index in [-0.39, 0.29) is 23.7 Å². The maximum absolute atomic E-state index is 14.2. The molecule has 2 unspecified atom stereocenters. The van der Waals surface area contributed by atoms with Crippen LogP contribution in [0.2, 0.25) is 0 Å². The molecule has 1 fully saturated rings. The molecule has 2 aliphatic heterocycles. The summed E-state index contributed by atoms with van der Waals surface area (Å²) in [5.74, 6) is -0.0889. The number of rotatable bonds is 0. The zero-order chi connectivity index (χ0) is 23.5. The molecule has 0 radical (unpaired) electrons. The molecule has 33 heavy (non-hydrogen) atoms. The third-order valence-corrected chi connectivity index (χ3v) is 7.68. The van der Waals surface area contributed by atoms with Gasteiger partial charge in [-0.15, -0.1) is 0 Å². The smallest absolute Gasteiger partial charge is 0.229 e. The molecule has 0 saturated carbocycles. The highest BCUT2D eigenvalue weighted by Crippen LogP contribution is 2.39. The van der Waals surface area contributed by atoms with Crippen molar-refractivity contribution in [2.75, 3.05) is 5.73 Å². The van der Waals surface area contributed by atoms with Crippen LogP contribution in [-0.4, -0.2) is 28.4 Å². The summed E-state index contributed by atoms with van der Waals surface area (Å²) >= 11 is 0. The summed E-state index contributed by atoms with van der Waals surface area (Å²) in [6.07, 6.45) is 0.818. The summed E-state index contributed by atoms with van der Waals surface area (Å²) in [5.41, 5.74) is 11.5. The minimum Gasteiger partial charge on any atom is -0.482 e. The van der Waals surface area contributed by atoms with Crippen molar-refractivity contribution in [1.82, 2.24) is 25.0 Å². The Morgan fingerprint density at radius 2 is 2.12 bits per heavy atom. The van der Waals surface area contributed by atoms with Crippen LogP contribution in [0.3, 0.4) is 0 Å². The lowest BCUT2D eigenvalue weighted by atomic mass is 9.92. The average Bonchev–Trinajstić information content (AvgIpc) is 3.24. The van der Waals surface area contributed by atoms with Crippen LogP contribution < -0.4 is 20.7 Å². The van der Waals surface area contributed by atoms with Gasteiger partial charge in [-0.1, -0.05) is 6.07 Å². The van der Waals surface area contributed by atoms with Gasteiger partial charge in [0.15, 0.2) is 11.6 Å². The highest BCUT2D eigenvalue weighted by Gasteiger charge is 2.43. The molecular weight excluding hydrogens is 449 g/mol. The van der Waals surface area contributed by atoms with Crippen molar-refractivity contribution in [3.05, 3.63) is 58.8 Å². The number of fused-ring (bicyclic) bond motifs is 7. The van der Waals surface area contributed by atoms with Gasteiger partial charge in [0.05, 0.1) is 11.7 Å². The van der Waals surface area contributed by atoms with Gasteiger partial charge in [0.25, 0.3) is 0 Å². The van der Waals surface area contributed by atoms with Crippen molar-refractivity contribution in [2.24, 2.45) is 7.05 Å². The number of pyridine rings is 1. The van der Waals surface area contributed by atoms with Crippen molar-refractivity contribution in [3.8, 4) is 22.9 Å². The molecule has 4 N–H and O–H groups in total. The van der Waals surface area contributed by atoms with Crippen LogP contribution >= 0.6 is 0 Å². The monoisotopic (exact) mass is 469 g/mol. The first kappa shape index (κ1) is 21.3. The fraction of sp³-hybridized carbons (Fsp3) is 0.286. The number of aromatic nitrogens is 3. The Bertz CT molecular complexity index is 1430. The molecule has 3 aromatic rings. The van der Waals surface area contributed by atoms with Crippen molar-refractivity contribution in [1.29, 1.82) is 5.26 Å². The molecule has 0 spiro atoms. The van der Waals surface area contributed by atoms with Crippen LogP contribution in [0.5, 0.6) is 5.75 Å². The van der Waals surface area contributed by atoms with Gasteiger partial charge in [0.2, 0.25) is 10.0 Å². The maximum atomic E-state index is 14.2. The van der Waals surface area contributed by atoms with E-state index < -0.39 is 33.2 Å². The standard InChI is InChI=1S/C21H20FN7O3S/c1-10-14-6-12(22)3-4-13(14)20-18(33(30,31)28-26-20)7-15-19(16(8-23)29(2)27-15)11-5-17(32-10)21(24)25-9-11/h3-6,9-10,18,20,26,28H,7H2,1-2H3,(H2,24,25)/t10-,18?,20?/m1/s1. The number of nitriles is 1. The number of anilines is 1. The van der Waals surface area contributed by atoms with Gasteiger partial charge >= 0.3 is 0 Å². The van der Waals surface area contributed by atoms with E-state index in [4.69, 9.17) is 10.5 Å². The van der Waals surface area contributed by atoms with Crippen molar-refractivity contribution in [2.45, 2.75) is 30.7 Å². The Morgan fingerprint density at radius 3 is 2.88 bits per heavy atom. The zero-order valence-corrected chi connectivity index (χ0v) is 18.5. The first-order valence-corrected chi connectivity index (χ1v) is 11.7. The van der Waals surface area contributed by atoms with E-state index in [1.165, 1.54) is 23.0 Å². The second kappa shape index (κ2) is 7.51. The largest absolute Gasteiger partial charge is 0.482 e. The van der Waals surface area contributed by atoms with E-state index in [0.29, 0.717) is 27.9 Å². The van der Waals surface area contributed by atoms with E-state index in [1.807, 2.05) is 0 Å². The van der Waals surface area contributed by atoms with E-state index in [9.17, 15) is 18.1 Å². The van der Waals surface area contributed by atoms with Crippen molar-refractivity contribution < 1.29 is 17.5 Å². The van der Waals surface area contributed by atoms with Crippen LogP contribution in [0.15, 0.2) is 30.5 Å². The van der Waals surface area contributed by atoms with Gasteiger partial charge in [-0.2, -0.15) is 15.2 Å². The fourth-order valence-electron chi connectivity index (χ4n) is 4.46. The molecule has 5 rings (SSSR count). The summed E-state index contributed by atoms with van der Waals surface area (Å²) in [6, 6.07) is 7.19.